The van der Waals surface area contributed by atoms with E-state index in [0.29, 0.717) is 17.6 Å². The van der Waals surface area contributed by atoms with Crippen LogP contribution in [0.5, 0.6) is 5.75 Å². The molecule has 1 aliphatic heterocycles. The van der Waals surface area contributed by atoms with Crippen molar-refractivity contribution in [2.45, 2.75) is 69.5 Å². The number of nitrogens with one attached hydrogen (secondary N) is 2. The zero-order valence-electron chi connectivity index (χ0n) is 17.9. The van der Waals surface area contributed by atoms with E-state index in [9.17, 15) is 4.79 Å². The minimum Gasteiger partial charge on any atom is -0.497 e. The summed E-state index contributed by atoms with van der Waals surface area (Å²) in [7, 11) is 1.74. The molecular formula is C25H31N3O2. The number of fused-ring (bicyclic) bond motifs is 1. The van der Waals surface area contributed by atoms with Crippen LogP contribution in [0.1, 0.15) is 73.0 Å². The Labute approximate surface area is 178 Å². The van der Waals surface area contributed by atoms with E-state index in [-0.39, 0.29) is 16.9 Å². The standard InChI is InChI=1S/C25H31N3O2/c1-3-4-5-19-12-18-13-20(30-2)6-7-21(18)22(27-19)24-14-25(15-24,16-24)28-23(29)17-8-10-26-11-9-17/h6-11,13,19,22,27H,3-5,12,14-16H2,1-2H3,(H,28,29)/t19-,22+,24?,25?/m0/s1. The number of unbranched alkanes of at least 4 members (excludes halogenated alkanes) is 1. The number of nitrogens with zero attached hydrogens (tertiary/aromatic N) is 1. The normalized spacial score (nSPS) is 31.1. The van der Waals surface area contributed by atoms with Crippen LogP contribution in [0.3, 0.4) is 0 Å². The number of hydrogen-bond donors (Lipinski definition) is 2. The number of rotatable bonds is 7. The molecule has 1 aromatic carbocycles. The Morgan fingerprint density at radius 2 is 2.00 bits per heavy atom. The van der Waals surface area contributed by atoms with Gasteiger partial charge in [0.2, 0.25) is 0 Å². The summed E-state index contributed by atoms with van der Waals surface area (Å²) in [6, 6.07) is 11.0. The maximum atomic E-state index is 12.6. The van der Waals surface area contributed by atoms with Crippen LogP contribution in [0.4, 0.5) is 0 Å². The van der Waals surface area contributed by atoms with Crippen molar-refractivity contribution < 1.29 is 9.53 Å². The van der Waals surface area contributed by atoms with Crippen molar-refractivity contribution in [2.24, 2.45) is 5.41 Å². The first-order valence-electron chi connectivity index (χ1n) is 11.2. The zero-order chi connectivity index (χ0) is 20.8. The first-order chi connectivity index (χ1) is 14.6. The topological polar surface area (TPSA) is 63.2 Å². The summed E-state index contributed by atoms with van der Waals surface area (Å²) in [5.41, 5.74) is 3.79. The van der Waals surface area contributed by atoms with Gasteiger partial charge in [-0.2, -0.15) is 0 Å². The van der Waals surface area contributed by atoms with Crippen LogP contribution in [0.15, 0.2) is 42.7 Å². The van der Waals surface area contributed by atoms with Gasteiger partial charge in [0.05, 0.1) is 7.11 Å². The number of methoxy groups -OCH3 is 1. The van der Waals surface area contributed by atoms with Crippen LogP contribution in [-0.4, -0.2) is 29.6 Å². The number of amides is 1. The highest BCUT2D eigenvalue weighted by Gasteiger charge is 2.71. The highest BCUT2D eigenvalue weighted by Crippen LogP contribution is 2.72. The van der Waals surface area contributed by atoms with Crippen molar-refractivity contribution in [1.29, 1.82) is 0 Å². The molecule has 2 heterocycles. The lowest BCUT2D eigenvalue weighted by molar-refractivity contribution is -0.174. The van der Waals surface area contributed by atoms with E-state index < -0.39 is 0 Å². The second-order valence-corrected chi connectivity index (χ2v) is 9.57. The number of carbonyl (C=O) groups excluding carboxylic acids is 1. The summed E-state index contributed by atoms with van der Waals surface area (Å²) in [6.07, 6.45) is 11.3. The molecule has 6 rings (SSSR count). The fourth-order valence-electron chi connectivity index (χ4n) is 6.08. The summed E-state index contributed by atoms with van der Waals surface area (Å²) >= 11 is 0. The zero-order valence-corrected chi connectivity index (χ0v) is 17.9. The van der Waals surface area contributed by atoms with Crippen molar-refractivity contribution in [2.75, 3.05) is 7.11 Å². The van der Waals surface area contributed by atoms with Crippen LogP contribution >= 0.6 is 0 Å². The second kappa shape index (κ2) is 7.38. The van der Waals surface area contributed by atoms with Crippen LogP contribution in [-0.2, 0) is 6.42 Å². The lowest BCUT2D eigenvalue weighted by Gasteiger charge is -2.73. The van der Waals surface area contributed by atoms with Gasteiger partial charge in [-0.15, -0.1) is 0 Å². The quantitative estimate of drug-likeness (QED) is 0.725. The molecule has 0 radical (unpaired) electrons. The Hall–Kier alpha value is -2.40. The third kappa shape index (κ3) is 3.20. The molecule has 2 atom stereocenters. The molecule has 5 nitrogen and oxygen atoms in total. The Balaban J connectivity index is 1.32. The summed E-state index contributed by atoms with van der Waals surface area (Å²) in [5, 5.41) is 7.31. The average molecular weight is 406 g/mol. The molecule has 3 aliphatic carbocycles. The summed E-state index contributed by atoms with van der Waals surface area (Å²) in [4.78, 5) is 16.6. The summed E-state index contributed by atoms with van der Waals surface area (Å²) in [5.74, 6) is 0.968. The number of benzene rings is 1. The molecule has 2 bridgehead atoms. The van der Waals surface area contributed by atoms with Crippen LogP contribution in [0.2, 0.25) is 0 Å². The highest BCUT2D eigenvalue weighted by atomic mass is 16.5. The van der Waals surface area contributed by atoms with E-state index in [1.807, 2.05) is 0 Å². The van der Waals surface area contributed by atoms with E-state index in [1.54, 1.807) is 31.6 Å². The molecule has 3 saturated carbocycles. The van der Waals surface area contributed by atoms with E-state index in [0.717, 1.165) is 31.4 Å². The molecule has 3 fully saturated rings. The predicted molar refractivity (Wildman–Crippen MR) is 117 cm³/mol. The molecule has 5 heteroatoms. The Kier molecular flexibility index (Phi) is 4.81. The fourth-order valence-corrected chi connectivity index (χ4v) is 6.08. The van der Waals surface area contributed by atoms with Gasteiger partial charge in [-0.3, -0.25) is 9.78 Å². The van der Waals surface area contributed by atoms with E-state index >= 15 is 0 Å². The SMILES string of the molecule is CCCC[C@H]1Cc2cc(OC)ccc2[C@H](C23CC(NC(=O)c4ccncc4)(C2)C3)N1. The minimum atomic E-state index is -0.0228. The number of ether oxygens (including phenoxy) is 1. The highest BCUT2D eigenvalue weighted by molar-refractivity contribution is 5.94. The number of hydrogen-bond acceptors (Lipinski definition) is 4. The van der Waals surface area contributed by atoms with Gasteiger partial charge in [0.1, 0.15) is 5.75 Å². The van der Waals surface area contributed by atoms with Gasteiger partial charge in [-0.05, 0) is 72.9 Å². The van der Waals surface area contributed by atoms with Crippen molar-refractivity contribution in [3.63, 3.8) is 0 Å². The maximum absolute atomic E-state index is 12.6. The molecule has 1 amide bonds. The van der Waals surface area contributed by atoms with Crippen molar-refractivity contribution in [3.05, 3.63) is 59.4 Å². The van der Waals surface area contributed by atoms with Crippen molar-refractivity contribution in [1.82, 2.24) is 15.6 Å². The van der Waals surface area contributed by atoms with E-state index in [2.05, 4.69) is 40.7 Å². The summed E-state index contributed by atoms with van der Waals surface area (Å²) in [6.45, 7) is 2.26. The molecular weight excluding hydrogens is 374 g/mol. The molecule has 2 N–H and O–H groups in total. The largest absolute Gasteiger partial charge is 0.497 e. The molecule has 4 aliphatic rings. The Morgan fingerprint density at radius 1 is 1.23 bits per heavy atom. The van der Waals surface area contributed by atoms with E-state index in [4.69, 9.17) is 4.74 Å². The average Bonchev–Trinajstić information content (AvgIpc) is 2.73. The monoisotopic (exact) mass is 405 g/mol. The third-order valence-electron chi connectivity index (χ3n) is 7.44. The maximum Gasteiger partial charge on any atom is 0.251 e. The van der Waals surface area contributed by atoms with Gasteiger partial charge in [-0.1, -0.05) is 25.8 Å². The lowest BCUT2D eigenvalue weighted by atomic mass is 9.36. The molecule has 2 aromatic rings. The number of pyridine rings is 1. The van der Waals surface area contributed by atoms with Crippen LogP contribution in [0, 0.1) is 5.41 Å². The van der Waals surface area contributed by atoms with Crippen LogP contribution < -0.4 is 15.4 Å². The Morgan fingerprint density at radius 3 is 2.70 bits per heavy atom. The predicted octanol–water partition coefficient (Wildman–Crippen LogP) is 4.19. The van der Waals surface area contributed by atoms with Gasteiger partial charge < -0.3 is 15.4 Å². The van der Waals surface area contributed by atoms with Crippen molar-refractivity contribution in [3.8, 4) is 5.75 Å². The van der Waals surface area contributed by atoms with Gasteiger partial charge in [0, 0.05) is 35.6 Å². The molecule has 30 heavy (non-hydrogen) atoms. The third-order valence-corrected chi connectivity index (χ3v) is 7.44. The Bertz CT molecular complexity index is 923. The van der Waals surface area contributed by atoms with E-state index in [1.165, 1.54) is 30.4 Å². The minimum absolute atomic E-state index is 0.0215. The molecule has 0 saturated heterocycles. The molecule has 0 unspecified atom stereocenters. The number of carbonyl (C=O) groups is 1. The molecule has 1 aromatic heterocycles. The lowest BCUT2D eigenvalue weighted by Crippen LogP contribution is -2.77. The van der Waals surface area contributed by atoms with Crippen molar-refractivity contribution >= 4 is 5.91 Å². The first-order valence-corrected chi connectivity index (χ1v) is 11.2. The van der Waals surface area contributed by atoms with Gasteiger partial charge in [0.25, 0.3) is 5.91 Å². The van der Waals surface area contributed by atoms with Gasteiger partial charge >= 0.3 is 0 Å². The van der Waals surface area contributed by atoms with Gasteiger partial charge in [0.15, 0.2) is 0 Å². The number of aromatic nitrogens is 1. The summed E-state index contributed by atoms with van der Waals surface area (Å²) < 4.78 is 5.50. The molecule has 158 valence electrons. The van der Waals surface area contributed by atoms with Crippen LogP contribution in [0.25, 0.3) is 0 Å². The first kappa shape index (κ1) is 19.6. The smallest absolute Gasteiger partial charge is 0.251 e. The van der Waals surface area contributed by atoms with Gasteiger partial charge in [-0.25, -0.2) is 0 Å². The second-order valence-electron chi connectivity index (χ2n) is 9.57. The molecule has 0 spiro atoms. The fraction of sp³-hybridized carbons (Fsp3) is 0.520.